The number of hydrogen-bond donors (Lipinski definition) is 1. The van der Waals surface area contributed by atoms with Crippen LogP contribution in [0.2, 0.25) is 0 Å². The van der Waals surface area contributed by atoms with E-state index >= 15 is 0 Å². The first-order chi connectivity index (χ1) is 19.4. The largest absolute Gasteiger partial charge is 0.465 e. The number of unbranched alkanes of at least 4 members (excludes halogenated alkanes) is 7. The van der Waals surface area contributed by atoms with Gasteiger partial charge in [-0.05, 0) is 57.8 Å². The Kier molecular flexibility index (Phi) is 12.2. The van der Waals surface area contributed by atoms with Gasteiger partial charge in [-0.25, -0.2) is 0 Å². The molecule has 3 heterocycles. The van der Waals surface area contributed by atoms with E-state index in [4.69, 9.17) is 14.6 Å². The third-order valence-corrected chi connectivity index (χ3v) is 9.22. The molecule has 0 radical (unpaired) electrons. The summed E-state index contributed by atoms with van der Waals surface area (Å²) in [5.41, 5.74) is -1.80. The Labute approximate surface area is 241 Å². The highest BCUT2D eigenvalue weighted by Crippen LogP contribution is 2.64. The minimum Gasteiger partial charge on any atom is -0.465 e. The molecule has 3 aliphatic heterocycles. The SMILES string of the molecule is C=CCCCCOC(=O)[C@H]1[C@H]2C(=O)N(CCCCCCO)C(C(=O)N(CC=C)CCCCC)C23CC[C@]1(CC)O3. The molecule has 0 aliphatic carbocycles. The molecule has 1 spiro atoms. The Bertz CT molecular complexity index is 893. The maximum atomic E-state index is 14.3. The number of aliphatic hydroxyl groups excluding tert-OH is 1. The van der Waals surface area contributed by atoms with Gasteiger partial charge in [0.2, 0.25) is 11.8 Å². The van der Waals surface area contributed by atoms with E-state index in [9.17, 15) is 14.4 Å². The number of rotatable bonds is 20. The number of fused-ring (bicyclic) bond motifs is 1. The van der Waals surface area contributed by atoms with Crippen LogP contribution in [0.4, 0.5) is 0 Å². The van der Waals surface area contributed by atoms with Gasteiger partial charge in [0.05, 0.1) is 18.1 Å². The van der Waals surface area contributed by atoms with Crippen molar-refractivity contribution in [3.05, 3.63) is 25.3 Å². The second-order valence-corrected chi connectivity index (χ2v) is 11.7. The van der Waals surface area contributed by atoms with Gasteiger partial charge in [0.15, 0.2) is 0 Å². The number of likely N-dealkylation sites (tertiary alicyclic amines) is 1. The van der Waals surface area contributed by atoms with Crippen molar-refractivity contribution in [1.82, 2.24) is 9.80 Å². The fourth-order valence-corrected chi connectivity index (χ4v) is 7.17. The van der Waals surface area contributed by atoms with E-state index in [1.807, 2.05) is 17.9 Å². The number of ether oxygens (including phenoxy) is 2. The summed E-state index contributed by atoms with van der Waals surface area (Å²) >= 11 is 0. The van der Waals surface area contributed by atoms with Gasteiger partial charge in [-0.1, -0.05) is 51.7 Å². The van der Waals surface area contributed by atoms with Crippen LogP contribution >= 0.6 is 0 Å². The van der Waals surface area contributed by atoms with Crippen LogP contribution in [0.25, 0.3) is 0 Å². The first kappa shape index (κ1) is 32.3. The number of aliphatic hydroxyl groups is 1. The minimum atomic E-state index is -1.02. The molecule has 2 amide bonds. The number of hydrogen-bond acceptors (Lipinski definition) is 6. The monoisotopic (exact) mass is 560 g/mol. The standard InChI is InChI=1S/C32H52N2O6/c1-5-9-11-17-24-39-30(38)26-25-28(36)34(22-15-12-13-16-23-35)27(32(25)19-18-31(26,8-4)40-32)29(37)33(20-7-3)21-14-10-6-2/h5,7,25-27,35H,1,3,6,8-24H2,2,4H3/t25-,26+,27?,31-,32?/m0/s1. The minimum absolute atomic E-state index is 0.104. The van der Waals surface area contributed by atoms with Crippen LogP contribution in [0.15, 0.2) is 25.3 Å². The first-order valence-corrected chi connectivity index (χ1v) is 15.7. The maximum Gasteiger partial charge on any atom is 0.312 e. The van der Waals surface area contributed by atoms with Crippen LogP contribution in [0.3, 0.4) is 0 Å². The second-order valence-electron chi connectivity index (χ2n) is 11.7. The fourth-order valence-electron chi connectivity index (χ4n) is 7.17. The Morgan fingerprint density at radius 3 is 2.52 bits per heavy atom. The molecule has 0 saturated carbocycles. The molecule has 0 aromatic heterocycles. The smallest absolute Gasteiger partial charge is 0.312 e. The molecular weight excluding hydrogens is 508 g/mol. The fraction of sp³-hybridized carbons (Fsp3) is 0.781. The summed E-state index contributed by atoms with van der Waals surface area (Å²) in [6.45, 7) is 13.6. The van der Waals surface area contributed by atoms with E-state index < -0.39 is 29.1 Å². The van der Waals surface area contributed by atoms with Crippen molar-refractivity contribution >= 4 is 17.8 Å². The van der Waals surface area contributed by atoms with Crippen molar-refractivity contribution in [2.45, 2.75) is 115 Å². The normalized spacial score (nSPS) is 28.5. The second kappa shape index (κ2) is 15.2. The van der Waals surface area contributed by atoms with Crippen LogP contribution < -0.4 is 0 Å². The number of carbonyl (C=O) groups excluding carboxylic acids is 3. The molecule has 2 unspecified atom stereocenters. The number of carbonyl (C=O) groups is 3. The first-order valence-electron chi connectivity index (χ1n) is 15.7. The van der Waals surface area contributed by atoms with Gasteiger partial charge in [-0.2, -0.15) is 0 Å². The lowest BCUT2D eigenvalue weighted by Gasteiger charge is -2.37. The predicted molar refractivity (Wildman–Crippen MR) is 155 cm³/mol. The quantitative estimate of drug-likeness (QED) is 0.131. The van der Waals surface area contributed by atoms with Gasteiger partial charge >= 0.3 is 5.97 Å². The Morgan fingerprint density at radius 1 is 1.07 bits per heavy atom. The third kappa shape index (κ3) is 6.48. The Hall–Kier alpha value is -2.19. The highest BCUT2D eigenvalue weighted by Gasteiger charge is 2.79. The molecule has 2 bridgehead atoms. The van der Waals surface area contributed by atoms with E-state index in [1.165, 1.54) is 0 Å². The number of esters is 1. The zero-order chi connectivity index (χ0) is 29.2. The van der Waals surface area contributed by atoms with Crippen LogP contribution in [-0.4, -0.2) is 82.8 Å². The van der Waals surface area contributed by atoms with Crippen LogP contribution in [0.5, 0.6) is 0 Å². The Morgan fingerprint density at radius 2 is 1.85 bits per heavy atom. The maximum absolute atomic E-state index is 14.3. The molecule has 226 valence electrons. The molecule has 40 heavy (non-hydrogen) atoms. The van der Waals surface area contributed by atoms with Gasteiger partial charge in [-0.3, -0.25) is 14.4 Å². The molecule has 8 heteroatoms. The zero-order valence-corrected chi connectivity index (χ0v) is 24.9. The van der Waals surface area contributed by atoms with Crippen molar-refractivity contribution < 1.29 is 29.0 Å². The van der Waals surface area contributed by atoms with Gasteiger partial charge in [0, 0.05) is 26.2 Å². The average Bonchev–Trinajstić information content (AvgIpc) is 3.55. The molecule has 3 aliphatic rings. The lowest BCUT2D eigenvalue weighted by Crippen LogP contribution is -2.56. The van der Waals surface area contributed by atoms with Crippen molar-refractivity contribution in [3.8, 4) is 0 Å². The number of nitrogens with zero attached hydrogens (tertiary/aromatic N) is 2. The van der Waals surface area contributed by atoms with Crippen LogP contribution in [0, 0.1) is 11.8 Å². The van der Waals surface area contributed by atoms with Gasteiger partial charge in [-0.15, -0.1) is 13.2 Å². The lowest BCUT2D eigenvalue weighted by molar-refractivity contribution is -0.162. The highest BCUT2D eigenvalue weighted by molar-refractivity contribution is 5.98. The molecule has 0 aromatic carbocycles. The summed E-state index contributed by atoms with van der Waals surface area (Å²) in [4.78, 5) is 45.7. The molecular formula is C32H52N2O6. The van der Waals surface area contributed by atoms with Crippen molar-refractivity contribution in [2.24, 2.45) is 11.8 Å². The van der Waals surface area contributed by atoms with E-state index in [1.54, 1.807) is 11.0 Å². The van der Waals surface area contributed by atoms with E-state index in [0.717, 1.165) is 64.2 Å². The third-order valence-electron chi connectivity index (χ3n) is 9.22. The van der Waals surface area contributed by atoms with Gasteiger partial charge < -0.3 is 24.4 Å². The molecule has 1 N–H and O–H groups in total. The van der Waals surface area contributed by atoms with Crippen molar-refractivity contribution in [2.75, 3.05) is 32.8 Å². The summed E-state index contributed by atoms with van der Waals surface area (Å²) in [5, 5.41) is 9.16. The molecule has 3 fully saturated rings. The molecule has 0 aromatic rings. The van der Waals surface area contributed by atoms with E-state index in [2.05, 4.69) is 20.1 Å². The summed E-state index contributed by atoms with van der Waals surface area (Å²) in [7, 11) is 0. The van der Waals surface area contributed by atoms with Crippen molar-refractivity contribution in [3.63, 3.8) is 0 Å². The molecule has 5 atom stereocenters. The average molecular weight is 561 g/mol. The molecule has 3 saturated heterocycles. The summed E-state index contributed by atoms with van der Waals surface area (Å²) in [6.07, 6.45) is 14.0. The van der Waals surface area contributed by atoms with Crippen LogP contribution in [-0.2, 0) is 23.9 Å². The van der Waals surface area contributed by atoms with E-state index in [0.29, 0.717) is 45.5 Å². The van der Waals surface area contributed by atoms with Gasteiger partial charge in [0.1, 0.15) is 17.6 Å². The number of amides is 2. The molecule has 3 rings (SSSR count). The van der Waals surface area contributed by atoms with Crippen molar-refractivity contribution in [1.29, 1.82) is 0 Å². The van der Waals surface area contributed by atoms with E-state index in [-0.39, 0.29) is 24.4 Å². The highest BCUT2D eigenvalue weighted by atomic mass is 16.6. The van der Waals surface area contributed by atoms with Crippen LogP contribution in [0.1, 0.15) is 97.3 Å². The lowest BCUT2D eigenvalue weighted by atomic mass is 9.65. The summed E-state index contributed by atoms with van der Waals surface area (Å²) in [5.74, 6) is -2.05. The van der Waals surface area contributed by atoms with Gasteiger partial charge in [0.25, 0.3) is 0 Å². The number of allylic oxidation sites excluding steroid dienone is 1. The topological polar surface area (TPSA) is 96.4 Å². The zero-order valence-electron chi connectivity index (χ0n) is 24.9. The predicted octanol–water partition coefficient (Wildman–Crippen LogP) is 4.80. The molecule has 8 nitrogen and oxygen atoms in total. The summed E-state index contributed by atoms with van der Waals surface area (Å²) < 4.78 is 12.6. The Balaban J connectivity index is 1.91. The summed E-state index contributed by atoms with van der Waals surface area (Å²) in [6, 6.07) is -0.761.